The summed E-state index contributed by atoms with van der Waals surface area (Å²) in [5.41, 5.74) is 0.588. The van der Waals surface area contributed by atoms with Crippen LogP contribution in [0.5, 0.6) is 0 Å². The van der Waals surface area contributed by atoms with Gasteiger partial charge in [0.2, 0.25) is 0 Å². The summed E-state index contributed by atoms with van der Waals surface area (Å²) in [6.45, 7) is 6.92. The van der Waals surface area contributed by atoms with Crippen molar-refractivity contribution < 1.29 is 8.42 Å². The molecular weight excluding hydrogens is 148 g/mol. The van der Waals surface area contributed by atoms with Crippen LogP contribution in [-0.2, 0) is 9.84 Å². The lowest BCUT2D eigenvalue weighted by molar-refractivity contribution is 0.610. The number of allylic oxidation sites excluding steroid dienone is 3. The van der Waals surface area contributed by atoms with Gasteiger partial charge in [0.05, 0.1) is 0 Å². The second kappa shape index (κ2) is 3.37. The maximum Gasteiger partial charge on any atom is 0.168 e. The van der Waals surface area contributed by atoms with E-state index in [2.05, 4.69) is 13.2 Å². The van der Waals surface area contributed by atoms with Crippen molar-refractivity contribution >= 4 is 9.84 Å². The van der Waals surface area contributed by atoms with Gasteiger partial charge in [-0.1, -0.05) is 19.2 Å². The Bertz CT molecular complexity index is 257. The third kappa shape index (κ3) is 5.31. The second-order valence-corrected chi connectivity index (χ2v) is 3.84. The molecule has 0 aliphatic heterocycles. The van der Waals surface area contributed by atoms with Crippen LogP contribution in [0.1, 0.15) is 0 Å². The second-order valence-electron chi connectivity index (χ2n) is 1.91. The Balaban J connectivity index is 4.29. The van der Waals surface area contributed by atoms with Gasteiger partial charge in [-0.15, -0.1) is 0 Å². The Morgan fingerprint density at radius 3 is 2.30 bits per heavy atom. The molecule has 0 radical (unpaired) electrons. The van der Waals surface area contributed by atoms with Crippen molar-refractivity contribution in [3.63, 3.8) is 0 Å². The third-order valence-corrected chi connectivity index (χ3v) is 1.42. The minimum Gasteiger partial charge on any atom is -0.225 e. The average molecular weight is 158 g/mol. The van der Waals surface area contributed by atoms with Crippen molar-refractivity contribution in [3.8, 4) is 0 Å². The minimum atomic E-state index is -3.02. The molecule has 0 heterocycles. The van der Waals surface area contributed by atoms with E-state index < -0.39 is 9.84 Å². The highest BCUT2D eigenvalue weighted by atomic mass is 32.2. The lowest BCUT2D eigenvalue weighted by Gasteiger charge is -1.85. The summed E-state index contributed by atoms with van der Waals surface area (Å²) in [7, 11) is -3.02. The number of hydrogen-bond donors (Lipinski definition) is 0. The minimum absolute atomic E-state index is 0.588. The highest BCUT2D eigenvalue weighted by Crippen LogP contribution is 1.95. The molecular formula is C7H10O2S. The van der Waals surface area contributed by atoms with Gasteiger partial charge in [-0.2, -0.15) is 0 Å². The van der Waals surface area contributed by atoms with Crippen LogP contribution in [0.25, 0.3) is 0 Å². The largest absolute Gasteiger partial charge is 0.225 e. The van der Waals surface area contributed by atoms with Crippen LogP contribution in [0.4, 0.5) is 0 Å². The van der Waals surface area contributed by atoms with E-state index in [4.69, 9.17) is 0 Å². The fourth-order valence-corrected chi connectivity index (χ4v) is 0.701. The van der Waals surface area contributed by atoms with E-state index in [0.717, 1.165) is 11.7 Å². The highest BCUT2D eigenvalue weighted by Gasteiger charge is 1.90. The van der Waals surface area contributed by atoms with Gasteiger partial charge in [0.15, 0.2) is 9.84 Å². The summed E-state index contributed by atoms with van der Waals surface area (Å²) in [6.07, 6.45) is 4.02. The Morgan fingerprint density at radius 1 is 1.50 bits per heavy atom. The Morgan fingerprint density at radius 2 is 2.00 bits per heavy atom. The molecule has 0 fully saturated rings. The number of rotatable bonds is 3. The maximum absolute atomic E-state index is 10.5. The summed E-state index contributed by atoms with van der Waals surface area (Å²) < 4.78 is 21.0. The fraction of sp³-hybridized carbons (Fsp3) is 0.143. The van der Waals surface area contributed by atoms with Crippen molar-refractivity contribution in [1.29, 1.82) is 0 Å². The molecule has 3 heteroatoms. The van der Waals surface area contributed by atoms with Gasteiger partial charge in [-0.05, 0) is 11.6 Å². The molecule has 0 rings (SSSR count). The first-order valence-corrected chi connectivity index (χ1v) is 4.60. The lowest BCUT2D eigenvalue weighted by Crippen LogP contribution is -1.87. The van der Waals surface area contributed by atoms with E-state index in [0.29, 0.717) is 5.57 Å². The Hall–Kier alpha value is -0.830. The molecule has 0 atom stereocenters. The first-order valence-electron chi connectivity index (χ1n) is 2.65. The van der Waals surface area contributed by atoms with Crippen LogP contribution in [-0.4, -0.2) is 14.7 Å². The molecule has 0 unspecified atom stereocenters. The van der Waals surface area contributed by atoms with Gasteiger partial charge in [0.25, 0.3) is 0 Å². The molecule has 0 aromatic heterocycles. The lowest BCUT2D eigenvalue weighted by atomic mass is 10.3. The monoisotopic (exact) mass is 158 g/mol. The van der Waals surface area contributed by atoms with Gasteiger partial charge < -0.3 is 0 Å². The van der Waals surface area contributed by atoms with Gasteiger partial charge in [-0.3, -0.25) is 0 Å². The zero-order valence-electron chi connectivity index (χ0n) is 5.87. The van der Waals surface area contributed by atoms with E-state index in [1.54, 1.807) is 0 Å². The number of sulfone groups is 1. The normalized spacial score (nSPS) is 11.7. The first kappa shape index (κ1) is 9.17. The summed E-state index contributed by atoms with van der Waals surface area (Å²) in [5.74, 6) is 0. The smallest absolute Gasteiger partial charge is 0.168 e. The number of hydrogen-bond acceptors (Lipinski definition) is 2. The maximum atomic E-state index is 10.5. The molecule has 0 amide bonds. The summed E-state index contributed by atoms with van der Waals surface area (Å²) in [5, 5.41) is 1.09. The molecule has 0 saturated carbocycles. The van der Waals surface area contributed by atoms with E-state index in [1.807, 2.05) is 0 Å². The summed E-state index contributed by atoms with van der Waals surface area (Å²) >= 11 is 0. The van der Waals surface area contributed by atoms with E-state index in [9.17, 15) is 8.42 Å². The van der Waals surface area contributed by atoms with Crippen molar-refractivity contribution in [3.05, 3.63) is 36.3 Å². The molecule has 56 valence electrons. The molecule has 0 spiro atoms. The zero-order valence-corrected chi connectivity index (χ0v) is 6.69. The molecule has 0 aromatic rings. The topological polar surface area (TPSA) is 34.1 Å². The van der Waals surface area contributed by atoms with E-state index in [-0.39, 0.29) is 0 Å². The first-order chi connectivity index (χ1) is 4.45. The van der Waals surface area contributed by atoms with Gasteiger partial charge in [-0.25, -0.2) is 8.42 Å². The van der Waals surface area contributed by atoms with Crippen LogP contribution in [0.2, 0.25) is 0 Å². The molecule has 0 aliphatic carbocycles. The van der Waals surface area contributed by atoms with Crippen LogP contribution in [0, 0.1) is 0 Å². The molecule has 0 saturated heterocycles. The fourth-order valence-electron chi connectivity index (χ4n) is 0.279. The standard InChI is InChI=1S/C7H10O2S/c1-4-7(2)5-6-10(3,8)9/h4-6H,1-2H2,3H3/b6-5-. The van der Waals surface area contributed by atoms with Crippen molar-refractivity contribution in [2.24, 2.45) is 0 Å². The SMILES string of the molecule is C=CC(=C)/C=C\S(C)(=O)=O. The van der Waals surface area contributed by atoms with Gasteiger partial charge >= 0.3 is 0 Å². The Kier molecular flexibility index (Phi) is 3.09. The molecule has 0 aromatic carbocycles. The molecule has 10 heavy (non-hydrogen) atoms. The molecule has 0 bridgehead atoms. The van der Waals surface area contributed by atoms with Gasteiger partial charge in [0.1, 0.15) is 0 Å². The van der Waals surface area contributed by atoms with Crippen molar-refractivity contribution in [2.45, 2.75) is 0 Å². The summed E-state index contributed by atoms with van der Waals surface area (Å²) in [4.78, 5) is 0. The molecule has 2 nitrogen and oxygen atoms in total. The van der Waals surface area contributed by atoms with Crippen LogP contribution < -0.4 is 0 Å². The van der Waals surface area contributed by atoms with E-state index in [1.165, 1.54) is 12.2 Å². The van der Waals surface area contributed by atoms with Crippen molar-refractivity contribution in [1.82, 2.24) is 0 Å². The predicted molar refractivity (Wildman–Crippen MR) is 43.3 cm³/mol. The Labute approximate surface area is 61.5 Å². The molecule has 0 aliphatic rings. The zero-order chi connectivity index (χ0) is 8.20. The highest BCUT2D eigenvalue weighted by molar-refractivity contribution is 7.93. The predicted octanol–water partition coefficient (Wildman–Crippen LogP) is 1.29. The van der Waals surface area contributed by atoms with E-state index >= 15 is 0 Å². The quantitative estimate of drug-likeness (QED) is 0.580. The van der Waals surface area contributed by atoms with Crippen LogP contribution in [0.15, 0.2) is 36.3 Å². The summed E-state index contributed by atoms with van der Waals surface area (Å²) in [6, 6.07) is 0. The molecule has 0 N–H and O–H groups in total. The van der Waals surface area contributed by atoms with Crippen molar-refractivity contribution in [2.75, 3.05) is 6.26 Å². The van der Waals surface area contributed by atoms with Gasteiger partial charge in [0, 0.05) is 11.7 Å². The van der Waals surface area contributed by atoms with Crippen LogP contribution in [0.3, 0.4) is 0 Å². The third-order valence-electron chi connectivity index (χ3n) is 0.792. The van der Waals surface area contributed by atoms with Crippen LogP contribution >= 0.6 is 0 Å². The average Bonchev–Trinajstić information content (AvgIpc) is 1.81.